The lowest BCUT2D eigenvalue weighted by Gasteiger charge is -2.10. The first-order chi connectivity index (χ1) is 11.6. The number of aryl methyl sites for hydroxylation is 3. The molecular formula is C21H20OS2. The normalized spacial score (nSPS) is 10.8. The highest BCUT2D eigenvalue weighted by atomic mass is 32.2. The van der Waals surface area contributed by atoms with Crippen LogP contribution in [-0.2, 0) is 5.75 Å². The molecule has 0 fully saturated rings. The van der Waals surface area contributed by atoms with E-state index in [1.807, 2.05) is 18.7 Å². The van der Waals surface area contributed by atoms with Crippen LogP contribution in [0.25, 0.3) is 10.4 Å². The summed E-state index contributed by atoms with van der Waals surface area (Å²) in [6.45, 7) is 6.23. The molecule has 0 saturated heterocycles. The van der Waals surface area contributed by atoms with Crippen molar-refractivity contribution in [2.24, 2.45) is 0 Å². The number of hydrogen-bond donors (Lipinski definition) is 0. The van der Waals surface area contributed by atoms with E-state index in [0.29, 0.717) is 0 Å². The summed E-state index contributed by atoms with van der Waals surface area (Å²) in [6, 6.07) is 17.4. The SMILES string of the molecule is Cc1ccc(SCc2cc(C)ccc2-c2cc(C)c(C=O)s2)cc1. The summed E-state index contributed by atoms with van der Waals surface area (Å²) in [6.07, 6.45) is 0.957. The Kier molecular flexibility index (Phi) is 5.22. The van der Waals surface area contributed by atoms with Gasteiger partial charge in [0.25, 0.3) is 0 Å². The molecule has 0 N–H and O–H groups in total. The Hall–Kier alpha value is -1.84. The molecule has 0 aliphatic carbocycles. The molecule has 0 saturated carbocycles. The first-order valence-corrected chi connectivity index (χ1v) is 9.72. The monoisotopic (exact) mass is 352 g/mol. The van der Waals surface area contributed by atoms with Gasteiger partial charge in [-0.2, -0.15) is 0 Å². The maximum absolute atomic E-state index is 11.2. The standard InChI is InChI=1S/C21H20OS2/c1-14-4-7-18(8-5-14)23-13-17-10-15(2)6-9-19(17)20-11-16(3)21(12-22)24-20/h4-12H,13H2,1-3H3. The van der Waals surface area contributed by atoms with Crippen molar-refractivity contribution in [3.63, 3.8) is 0 Å². The molecule has 0 unspecified atom stereocenters. The molecule has 24 heavy (non-hydrogen) atoms. The maximum atomic E-state index is 11.2. The average Bonchev–Trinajstić information content (AvgIpc) is 2.95. The number of rotatable bonds is 5. The average molecular weight is 353 g/mol. The molecule has 0 radical (unpaired) electrons. The van der Waals surface area contributed by atoms with Crippen molar-refractivity contribution in [3.8, 4) is 10.4 Å². The molecule has 0 spiro atoms. The number of benzene rings is 2. The van der Waals surface area contributed by atoms with Crippen molar-refractivity contribution in [1.29, 1.82) is 0 Å². The van der Waals surface area contributed by atoms with Crippen LogP contribution in [0.2, 0.25) is 0 Å². The van der Waals surface area contributed by atoms with E-state index in [1.54, 1.807) is 11.3 Å². The zero-order valence-corrected chi connectivity index (χ0v) is 15.8. The molecular weight excluding hydrogens is 332 g/mol. The summed E-state index contributed by atoms with van der Waals surface area (Å²) in [4.78, 5) is 14.4. The Labute approximate surface area is 151 Å². The summed E-state index contributed by atoms with van der Waals surface area (Å²) < 4.78 is 0. The van der Waals surface area contributed by atoms with E-state index in [4.69, 9.17) is 0 Å². The third-order valence-corrected chi connectivity index (χ3v) is 6.26. The fraction of sp³-hybridized carbons (Fsp3) is 0.190. The largest absolute Gasteiger partial charge is 0.297 e. The highest BCUT2D eigenvalue weighted by molar-refractivity contribution is 7.98. The molecule has 122 valence electrons. The molecule has 3 rings (SSSR count). The van der Waals surface area contributed by atoms with E-state index in [1.165, 1.54) is 32.0 Å². The van der Waals surface area contributed by atoms with E-state index in [0.717, 1.165) is 22.5 Å². The zero-order chi connectivity index (χ0) is 17.1. The third kappa shape index (κ3) is 3.80. The zero-order valence-electron chi connectivity index (χ0n) is 14.1. The van der Waals surface area contributed by atoms with Crippen LogP contribution in [0.1, 0.15) is 31.9 Å². The van der Waals surface area contributed by atoms with Crippen LogP contribution >= 0.6 is 23.1 Å². The predicted octanol–water partition coefficient (Wildman–Crippen LogP) is 6.45. The van der Waals surface area contributed by atoms with Gasteiger partial charge < -0.3 is 0 Å². The summed E-state index contributed by atoms with van der Waals surface area (Å²) in [7, 11) is 0. The van der Waals surface area contributed by atoms with Gasteiger partial charge in [0.15, 0.2) is 6.29 Å². The van der Waals surface area contributed by atoms with Crippen molar-refractivity contribution in [3.05, 3.63) is 75.7 Å². The number of carbonyl (C=O) groups excluding carboxylic acids is 1. The summed E-state index contributed by atoms with van der Waals surface area (Å²) in [5, 5.41) is 0. The lowest BCUT2D eigenvalue weighted by molar-refractivity contribution is 0.112. The van der Waals surface area contributed by atoms with Gasteiger partial charge in [-0.15, -0.1) is 23.1 Å². The van der Waals surface area contributed by atoms with Crippen LogP contribution in [-0.4, -0.2) is 6.29 Å². The minimum absolute atomic E-state index is 0.822. The van der Waals surface area contributed by atoms with Crippen molar-refractivity contribution >= 4 is 29.4 Å². The minimum atomic E-state index is 0.822. The highest BCUT2D eigenvalue weighted by Gasteiger charge is 2.11. The fourth-order valence-corrected chi connectivity index (χ4v) is 4.56. The van der Waals surface area contributed by atoms with Gasteiger partial charge in [0, 0.05) is 15.5 Å². The minimum Gasteiger partial charge on any atom is -0.297 e. The Balaban J connectivity index is 1.90. The molecule has 0 aliphatic heterocycles. The molecule has 0 atom stereocenters. The van der Waals surface area contributed by atoms with E-state index in [9.17, 15) is 4.79 Å². The van der Waals surface area contributed by atoms with Gasteiger partial charge in [-0.25, -0.2) is 0 Å². The Morgan fingerprint density at radius 2 is 1.67 bits per heavy atom. The molecule has 0 bridgehead atoms. The number of carbonyl (C=O) groups is 1. The van der Waals surface area contributed by atoms with Crippen LogP contribution in [0.15, 0.2) is 53.4 Å². The van der Waals surface area contributed by atoms with Gasteiger partial charge in [-0.1, -0.05) is 41.5 Å². The Morgan fingerprint density at radius 1 is 0.958 bits per heavy atom. The first-order valence-electron chi connectivity index (χ1n) is 7.92. The smallest absolute Gasteiger partial charge is 0.160 e. The number of hydrogen-bond acceptors (Lipinski definition) is 3. The maximum Gasteiger partial charge on any atom is 0.160 e. The second kappa shape index (κ2) is 7.37. The third-order valence-electron chi connectivity index (χ3n) is 4.00. The molecule has 1 nitrogen and oxygen atoms in total. The number of thioether (sulfide) groups is 1. The van der Waals surface area contributed by atoms with E-state index in [2.05, 4.69) is 62.4 Å². The lowest BCUT2D eigenvalue weighted by Crippen LogP contribution is -1.88. The quantitative estimate of drug-likeness (QED) is 0.388. The van der Waals surface area contributed by atoms with Crippen LogP contribution in [0.3, 0.4) is 0 Å². The van der Waals surface area contributed by atoms with Crippen LogP contribution in [0.4, 0.5) is 0 Å². The van der Waals surface area contributed by atoms with Gasteiger partial charge in [0.1, 0.15) is 0 Å². The summed E-state index contributed by atoms with van der Waals surface area (Å²) in [5.74, 6) is 0.924. The Bertz CT molecular complexity index is 860. The van der Waals surface area contributed by atoms with Crippen LogP contribution in [0, 0.1) is 20.8 Å². The van der Waals surface area contributed by atoms with Gasteiger partial charge in [0.05, 0.1) is 4.88 Å². The first kappa shape index (κ1) is 17.0. The predicted molar refractivity (Wildman–Crippen MR) is 105 cm³/mol. The molecule has 0 aliphatic rings. The van der Waals surface area contributed by atoms with Crippen molar-refractivity contribution in [1.82, 2.24) is 0 Å². The van der Waals surface area contributed by atoms with Gasteiger partial charge in [-0.05, 0) is 55.7 Å². The molecule has 1 heterocycles. The van der Waals surface area contributed by atoms with E-state index >= 15 is 0 Å². The lowest BCUT2D eigenvalue weighted by atomic mass is 10.0. The molecule has 3 aromatic rings. The number of thiophene rings is 1. The number of aldehydes is 1. The van der Waals surface area contributed by atoms with Crippen molar-refractivity contribution < 1.29 is 4.79 Å². The van der Waals surface area contributed by atoms with Gasteiger partial charge in [-0.3, -0.25) is 4.79 Å². The molecule has 3 heteroatoms. The van der Waals surface area contributed by atoms with Gasteiger partial charge >= 0.3 is 0 Å². The van der Waals surface area contributed by atoms with Crippen LogP contribution in [0.5, 0.6) is 0 Å². The molecule has 1 aromatic heterocycles. The fourth-order valence-electron chi connectivity index (χ4n) is 2.62. The van der Waals surface area contributed by atoms with Crippen molar-refractivity contribution in [2.75, 3.05) is 0 Å². The second-order valence-electron chi connectivity index (χ2n) is 6.04. The Morgan fingerprint density at radius 3 is 2.33 bits per heavy atom. The topological polar surface area (TPSA) is 17.1 Å². The van der Waals surface area contributed by atoms with Gasteiger partial charge in [0.2, 0.25) is 0 Å². The molecule has 2 aromatic carbocycles. The van der Waals surface area contributed by atoms with E-state index in [-0.39, 0.29) is 0 Å². The van der Waals surface area contributed by atoms with Crippen LogP contribution < -0.4 is 0 Å². The van der Waals surface area contributed by atoms with Crippen molar-refractivity contribution in [2.45, 2.75) is 31.4 Å². The summed E-state index contributed by atoms with van der Waals surface area (Å²) in [5.41, 5.74) is 6.16. The van der Waals surface area contributed by atoms with E-state index < -0.39 is 0 Å². The highest BCUT2D eigenvalue weighted by Crippen LogP contribution is 2.35. The molecule has 0 amide bonds. The summed E-state index contributed by atoms with van der Waals surface area (Å²) >= 11 is 3.43. The second-order valence-corrected chi connectivity index (χ2v) is 8.17.